The number of halogens is 1. The zero-order valence-electron chi connectivity index (χ0n) is 23.1. The zero-order valence-corrected chi connectivity index (χ0v) is 23.8. The van der Waals surface area contributed by atoms with Crippen molar-refractivity contribution in [1.82, 2.24) is 4.98 Å². The molecule has 0 unspecified atom stereocenters. The highest BCUT2D eigenvalue weighted by atomic mass is 35.5. The molecule has 0 radical (unpaired) electrons. The van der Waals surface area contributed by atoms with E-state index in [4.69, 9.17) is 20.8 Å². The van der Waals surface area contributed by atoms with Crippen LogP contribution in [-0.4, -0.2) is 39.4 Å². The second-order valence-electron chi connectivity index (χ2n) is 9.94. The number of carbonyl (C=O) groups is 2. The number of nitrogens with zero attached hydrogens (tertiary/aromatic N) is 1. The number of carboxylic acids is 1. The summed E-state index contributed by atoms with van der Waals surface area (Å²) in [6.45, 7) is -0.197. The van der Waals surface area contributed by atoms with E-state index < -0.39 is 17.4 Å². The first kappa shape index (κ1) is 28.7. The minimum Gasteiger partial charge on any atom is -0.507 e. The molecular formula is C33H23ClN2O8. The van der Waals surface area contributed by atoms with Crippen LogP contribution in [0.2, 0.25) is 5.02 Å². The number of aliphatic hydroxyl groups is 1. The number of phenolic OH excluding ortho intramolecular Hbond substituents is 1. The Bertz CT molecular complexity index is 2160. The van der Waals surface area contributed by atoms with Crippen molar-refractivity contribution in [1.29, 1.82) is 0 Å². The molecule has 3 aromatic carbocycles. The van der Waals surface area contributed by atoms with E-state index in [1.54, 1.807) is 18.2 Å². The van der Waals surface area contributed by atoms with Crippen LogP contribution in [0.1, 0.15) is 32.0 Å². The summed E-state index contributed by atoms with van der Waals surface area (Å²) in [6, 6.07) is 18.7. The van der Waals surface area contributed by atoms with E-state index in [0.717, 1.165) is 5.39 Å². The molecule has 0 atom stereocenters. The Morgan fingerprint density at radius 1 is 1.02 bits per heavy atom. The Balaban J connectivity index is 1.61. The maximum absolute atomic E-state index is 12.6. The molecule has 1 aromatic heterocycles. The van der Waals surface area contributed by atoms with Crippen LogP contribution in [0.3, 0.4) is 0 Å². The molecule has 10 nitrogen and oxygen atoms in total. The Hall–Kier alpha value is -5.45. The number of rotatable bonds is 7. The molecule has 2 heterocycles. The summed E-state index contributed by atoms with van der Waals surface area (Å²) in [5, 5.41) is 35.1. The van der Waals surface area contributed by atoms with Gasteiger partial charge in [0.25, 0.3) is 0 Å². The van der Waals surface area contributed by atoms with E-state index in [9.17, 15) is 29.7 Å². The van der Waals surface area contributed by atoms with Gasteiger partial charge in [-0.25, -0.2) is 14.6 Å². The Morgan fingerprint density at radius 2 is 1.84 bits per heavy atom. The van der Waals surface area contributed by atoms with Crippen LogP contribution >= 0.6 is 11.6 Å². The van der Waals surface area contributed by atoms with Gasteiger partial charge in [0.05, 0.1) is 52.3 Å². The number of phenols is 1. The Morgan fingerprint density at radius 3 is 2.59 bits per heavy atom. The lowest BCUT2D eigenvalue weighted by molar-refractivity contribution is 0.0598. The van der Waals surface area contributed by atoms with Crippen molar-refractivity contribution >= 4 is 51.1 Å². The smallest absolute Gasteiger partial charge is 0.337 e. The SMILES string of the molecule is COC(=O)c1ccc(C(=O)O)c(-c2c3cc(Cl)c(=O)cc-3oc3c(CNc4cccc5ccc(CO)nc45)c(O)ccc23)c1. The molecule has 1 aliphatic carbocycles. The van der Waals surface area contributed by atoms with Crippen molar-refractivity contribution in [2.75, 3.05) is 12.4 Å². The summed E-state index contributed by atoms with van der Waals surface area (Å²) in [5.74, 6) is -1.96. The van der Waals surface area contributed by atoms with E-state index in [0.29, 0.717) is 39.0 Å². The highest BCUT2D eigenvalue weighted by molar-refractivity contribution is 6.31. The van der Waals surface area contributed by atoms with Gasteiger partial charge in [-0.3, -0.25) is 4.79 Å². The predicted molar refractivity (Wildman–Crippen MR) is 165 cm³/mol. The van der Waals surface area contributed by atoms with Gasteiger partial charge in [0, 0.05) is 34.5 Å². The number of benzene rings is 4. The van der Waals surface area contributed by atoms with Crippen LogP contribution in [-0.2, 0) is 17.9 Å². The lowest BCUT2D eigenvalue weighted by atomic mass is 9.89. The molecule has 11 heteroatoms. The van der Waals surface area contributed by atoms with Gasteiger partial charge < -0.3 is 29.8 Å². The third kappa shape index (κ3) is 4.96. The number of aromatic hydroxyl groups is 1. The number of ether oxygens (including phenoxy) is 1. The number of hydrogen-bond acceptors (Lipinski definition) is 9. The Labute approximate surface area is 254 Å². The lowest BCUT2D eigenvalue weighted by Crippen LogP contribution is -2.08. The summed E-state index contributed by atoms with van der Waals surface area (Å²) in [5.41, 5.74) is 2.47. The normalized spacial score (nSPS) is 11.2. The first-order valence-electron chi connectivity index (χ1n) is 13.3. The topological polar surface area (TPSA) is 159 Å². The first-order valence-corrected chi connectivity index (χ1v) is 13.7. The number of nitrogens with one attached hydrogen (secondary N) is 1. The fraction of sp³-hybridized carbons (Fsp3) is 0.0909. The van der Waals surface area contributed by atoms with Crippen molar-refractivity contribution in [3.63, 3.8) is 0 Å². The van der Waals surface area contributed by atoms with Gasteiger partial charge in [0.2, 0.25) is 5.43 Å². The van der Waals surface area contributed by atoms with Crippen molar-refractivity contribution in [3.05, 3.63) is 110 Å². The lowest BCUT2D eigenvalue weighted by Gasteiger charge is -2.20. The minimum atomic E-state index is -1.25. The number of carbonyl (C=O) groups excluding carboxylic acids is 1. The molecule has 220 valence electrons. The Kier molecular flexibility index (Phi) is 7.38. The number of para-hydroxylation sites is 1. The van der Waals surface area contributed by atoms with E-state index in [1.165, 1.54) is 43.5 Å². The number of carboxylic acid groups (broad SMARTS) is 1. The van der Waals surface area contributed by atoms with Crippen LogP contribution in [0.15, 0.2) is 82.0 Å². The van der Waals surface area contributed by atoms with E-state index in [2.05, 4.69) is 10.3 Å². The number of aromatic nitrogens is 1. The summed E-state index contributed by atoms with van der Waals surface area (Å²) in [6.07, 6.45) is 0. The van der Waals surface area contributed by atoms with Gasteiger partial charge in [0.1, 0.15) is 17.1 Å². The third-order valence-corrected chi connectivity index (χ3v) is 7.65. The van der Waals surface area contributed by atoms with E-state index >= 15 is 0 Å². The molecule has 0 saturated heterocycles. The van der Waals surface area contributed by atoms with Crippen LogP contribution < -0.4 is 10.7 Å². The highest BCUT2D eigenvalue weighted by Gasteiger charge is 2.26. The fourth-order valence-corrected chi connectivity index (χ4v) is 5.41. The first-order chi connectivity index (χ1) is 21.2. The van der Waals surface area contributed by atoms with E-state index in [-0.39, 0.29) is 52.0 Å². The van der Waals surface area contributed by atoms with Crippen molar-refractivity contribution in [2.24, 2.45) is 0 Å². The fourth-order valence-electron chi connectivity index (χ4n) is 5.25. The molecule has 6 rings (SSSR count). The number of aromatic carboxylic acids is 1. The molecule has 1 aliphatic heterocycles. The molecule has 2 aliphatic rings. The van der Waals surface area contributed by atoms with Crippen LogP contribution in [0.4, 0.5) is 5.69 Å². The zero-order chi connectivity index (χ0) is 31.1. The summed E-state index contributed by atoms with van der Waals surface area (Å²) in [4.78, 5) is 41.9. The average Bonchev–Trinajstić information content (AvgIpc) is 3.03. The molecule has 4 aromatic rings. The van der Waals surface area contributed by atoms with Gasteiger partial charge in [-0.15, -0.1) is 0 Å². The molecule has 0 spiro atoms. The van der Waals surface area contributed by atoms with E-state index in [1.807, 2.05) is 18.2 Å². The van der Waals surface area contributed by atoms with Crippen LogP contribution in [0.25, 0.3) is 44.3 Å². The second kappa shape index (κ2) is 11.3. The third-order valence-electron chi connectivity index (χ3n) is 7.36. The molecule has 0 saturated carbocycles. The summed E-state index contributed by atoms with van der Waals surface area (Å²) < 4.78 is 11.1. The number of methoxy groups -OCH3 is 1. The van der Waals surface area contributed by atoms with Crippen molar-refractivity contribution < 1.29 is 34.1 Å². The van der Waals surface area contributed by atoms with Gasteiger partial charge in [0.15, 0.2) is 0 Å². The number of pyridine rings is 1. The number of esters is 1. The van der Waals surface area contributed by atoms with Crippen molar-refractivity contribution in [3.8, 4) is 28.2 Å². The largest absolute Gasteiger partial charge is 0.507 e. The molecule has 0 bridgehead atoms. The minimum absolute atomic E-state index is 0.0353. The second-order valence-corrected chi connectivity index (χ2v) is 10.4. The molecule has 44 heavy (non-hydrogen) atoms. The maximum Gasteiger partial charge on any atom is 0.337 e. The maximum atomic E-state index is 12.6. The van der Waals surface area contributed by atoms with Crippen LogP contribution in [0, 0.1) is 0 Å². The summed E-state index contributed by atoms with van der Waals surface area (Å²) in [7, 11) is 1.22. The highest BCUT2D eigenvalue weighted by Crippen LogP contribution is 2.44. The number of hydrogen-bond donors (Lipinski definition) is 4. The molecule has 4 N–H and O–H groups in total. The molecule has 0 amide bonds. The standard InChI is InChI=1S/C33H23ClN2O8/c1-43-33(42)17-6-8-19(32(40)41)21(11-17)29-20-9-10-26(38)23(31(20)44-28-13-27(39)24(34)12-22(28)29)14-35-25-4-2-3-16-5-7-18(15-37)36-30(16)25/h2-13,35,37-38H,14-15H2,1H3,(H,40,41). The molecule has 0 fully saturated rings. The number of fused-ring (bicyclic) bond motifs is 3. The average molecular weight is 611 g/mol. The van der Waals surface area contributed by atoms with Crippen molar-refractivity contribution in [2.45, 2.75) is 13.2 Å². The van der Waals surface area contributed by atoms with Crippen LogP contribution in [0.5, 0.6) is 5.75 Å². The van der Waals surface area contributed by atoms with Gasteiger partial charge in [-0.1, -0.05) is 29.8 Å². The van der Waals surface area contributed by atoms with Gasteiger partial charge in [-0.2, -0.15) is 0 Å². The van der Waals surface area contributed by atoms with Gasteiger partial charge in [-0.05, 0) is 54.1 Å². The predicted octanol–water partition coefficient (Wildman–Crippen LogP) is 6.06. The quantitative estimate of drug-likeness (QED) is 0.124. The van der Waals surface area contributed by atoms with Gasteiger partial charge >= 0.3 is 11.9 Å². The summed E-state index contributed by atoms with van der Waals surface area (Å²) >= 11 is 6.23. The molecular weight excluding hydrogens is 588 g/mol. The number of anilines is 1. The monoisotopic (exact) mass is 610 g/mol. The number of aliphatic hydroxyl groups excluding tert-OH is 1.